The lowest BCUT2D eigenvalue weighted by atomic mass is 10.1. The van der Waals surface area contributed by atoms with Gasteiger partial charge in [-0.2, -0.15) is 5.26 Å². The molecule has 0 saturated carbocycles. The number of benzene rings is 1. The van der Waals surface area contributed by atoms with Crippen LogP contribution >= 0.6 is 11.3 Å². The summed E-state index contributed by atoms with van der Waals surface area (Å²) in [5.41, 5.74) is 0.749. The van der Waals surface area contributed by atoms with E-state index in [1.54, 1.807) is 6.08 Å². The van der Waals surface area contributed by atoms with E-state index in [1.165, 1.54) is 24.5 Å². The summed E-state index contributed by atoms with van der Waals surface area (Å²) in [6.45, 7) is 0. The number of carbonyl (C=O) groups is 1. The van der Waals surface area contributed by atoms with Crippen LogP contribution in [0.25, 0.3) is 16.2 Å². The lowest BCUT2D eigenvalue weighted by molar-refractivity contribution is 0.0606. The molecule has 0 aliphatic rings. The smallest absolute Gasteiger partial charge is 0.348 e. The summed E-state index contributed by atoms with van der Waals surface area (Å²) in [7, 11) is 1.35. The van der Waals surface area contributed by atoms with Crippen LogP contribution in [-0.2, 0) is 4.74 Å². The Kier molecular flexibility index (Phi) is 3.22. The maximum absolute atomic E-state index is 11.6. The Morgan fingerprint density at radius 3 is 2.94 bits per heavy atom. The van der Waals surface area contributed by atoms with Gasteiger partial charge in [-0.1, -0.05) is 18.2 Å². The third kappa shape index (κ3) is 2.05. The minimum atomic E-state index is -0.371. The molecule has 3 nitrogen and oxygen atoms in total. The van der Waals surface area contributed by atoms with Crippen LogP contribution in [0.3, 0.4) is 0 Å². The van der Waals surface area contributed by atoms with Crippen LogP contribution in [0.1, 0.15) is 15.2 Å². The van der Waals surface area contributed by atoms with Crippen molar-refractivity contribution in [2.45, 2.75) is 0 Å². The van der Waals surface area contributed by atoms with E-state index in [-0.39, 0.29) is 5.97 Å². The summed E-state index contributed by atoms with van der Waals surface area (Å²) in [4.78, 5) is 12.2. The zero-order valence-electron chi connectivity index (χ0n) is 9.14. The Hall–Kier alpha value is -2.12. The first-order valence-electron chi connectivity index (χ1n) is 4.94. The summed E-state index contributed by atoms with van der Waals surface area (Å²) in [6, 6.07) is 9.61. The van der Waals surface area contributed by atoms with Gasteiger partial charge in [0.15, 0.2) is 0 Å². The van der Waals surface area contributed by atoms with Crippen molar-refractivity contribution in [1.82, 2.24) is 0 Å². The third-order valence-corrected chi connectivity index (χ3v) is 3.50. The van der Waals surface area contributed by atoms with E-state index in [0.29, 0.717) is 4.88 Å². The first kappa shape index (κ1) is 11.4. The lowest BCUT2D eigenvalue weighted by Gasteiger charge is -1.96. The first-order valence-corrected chi connectivity index (χ1v) is 5.75. The van der Waals surface area contributed by atoms with Gasteiger partial charge < -0.3 is 4.74 Å². The molecule has 2 rings (SSSR count). The van der Waals surface area contributed by atoms with Crippen molar-refractivity contribution in [3.8, 4) is 6.07 Å². The molecule has 0 amide bonds. The highest BCUT2D eigenvalue weighted by Gasteiger charge is 2.16. The van der Waals surface area contributed by atoms with Gasteiger partial charge in [0, 0.05) is 21.7 Å². The molecular formula is C13H9NO2S. The van der Waals surface area contributed by atoms with Crippen molar-refractivity contribution in [1.29, 1.82) is 5.26 Å². The fourth-order valence-electron chi connectivity index (χ4n) is 1.60. The Labute approximate surface area is 103 Å². The van der Waals surface area contributed by atoms with Crippen LogP contribution in [0.5, 0.6) is 0 Å². The quantitative estimate of drug-likeness (QED) is 0.601. The molecule has 0 spiro atoms. The average Bonchev–Trinajstić information content (AvgIpc) is 2.74. The number of allylic oxidation sites excluding steroid dienone is 1. The van der Waals surface area contributed by atoms with Gasteiger partial charge in [-0.05, 0) is 12.1 Å². The molecule has 1 heterocycles. The van der Waals surface area contributed by atoms with Gasteiger partial charge in [-0.3, -0.25) is 0 Å². The Bertz CT molecular complexity index is 634. The highest BCUT2D eigenvalue weighted by atomic mass is 32.1. The maximum Gasteiger partial charge on any atom is 0.348 e. The second-order valence-corrected chi connectivity index (χ2v) is 4.35. The molecule has 4 heteroatoms. The fourth-order valence-corrected chi connectivity index (χ4v) is 2.70. The zero-order valence-corrected chi connectivity index (χ0v) is 9.95. The number of rotatable bonds is 2. The topological polar surface area (TPSA) is 50.1 Å². The molecule has 0 radical (unpaired) electrons. The van der Waals surface area contributed by atoms with Crippen molar-refractivity contribution in [3.05, 3.63) is 40.8 Å². The number of nitriles is 1. The van der Waals surface area contributed by atoms with Gasteiger partial charge in [-0.15, -0.1) is 11.3 Å². The van der Waals surface area contributed by atoms with E-state index in [0.717, 1.165) is 15.6 Å². The fraction of sp³-hybridized carbons (Fsp3) is 0.0769. The van der Waals surface area contributed by atoms with Crippen molar-refractivity contribution >= 4 is 33.5 Å². The monoisotopic (exact) mass is 243 g/mol. The first-order chi connectivity index (χ1) is 8.27. The predicted octanol–water partition coefficient (Wildman–Crippen LogP) is 3.22. The maximum atomic E-state index is 11.6. The van der Waals surface area contributed by atoms with E-state index in [2.05, 4.69) is 0 Å². The zero-order chi connectivity index (χ0) is 12.3. The Morgan fingerprint density at radius 1 is 1.47 bits per heavy atom. The van der Waals surface area contributed by atoms with Crippen molar-refractivity contribution in [2.24, 2.45) is 0 Å². The largest absolute Gasteiger partial charge is 0.465 e. The van der Waals surface area contributed by atoms with Gasteiger partial charge in [0.1, 0.15) is 4.88 Å². The third-order valence-electron chi connectivity index (χ3n) is 2.33. The lowest BCUT2D eigenvalue weighted by Crippen LogP contribution is -1.99. The van der Waals surface area contributed by atoms with Crippen LogP contribution in [0.15, 0.2) is 30.3 Å². The van der Waals surface area contributed by atoms with Gasteiger partial charge in [0.2, 0.25) is 0 Å². The number of carbonyl (C=O) groups excluding carboxylic acids is 1. The summed E-state index contributed by atoms with van der Waals surface area (Å²) in [5, 5.41) is 9.54. The summed E-state index contributed by atoms with van der Waals surface area (Å²) >= 11 is 1.37. The second kappa shape index (κ2) is 4.81. The number of hydrogen-bond donors (Lipinski definition) is 0. The molecule has 0 aliphatic carbocycles. The molecule has 0 N–H and O–H groups in total. The van der Waals surface area contributed by atoms with E-state index >= 15 is 0 Å². The molecule has 1 aromatic heterocycles. The number of fused-ring (bicyclic) bond motifs is 1. The molecule has 0 aliphatic heterocycles. The molecular weight excluding hydrogens is 234 g/mol. The molecule has 17 heavy (non-hydrogen) atoms. The van der Waals surface area contributed by atoms with E-state index in [9.17, 15) is 4.79 Å². The molecule has 2 aromatic rings. The van der Waals surface area contributed by atoms with Crippen LogP contribution < -0.4 is 0 Å². The number of hydrogen-bond acceptors (Lipinski definition) is 4. The van der Waals surface area contributed by atoms with Crippen LogP contribution in [0, 0.1) is 11.3 Å². The Balaban J connectivity index is 2.70. The van der Waals surface area contributed by atoms with Crippen LogP contribution in [-0.4, -0.2) is 13.1 Å². The minimum Gasteiger partial charge on any atom is -0.465 e. The molecule has 0 saturated heterocycles. The van der Waals surface area contributed by atoms with Gasteiger partial charge >= 0.3 is 5.97 Å². The number of methoxy groups -OCH3 is 1. The summed E-state index contributed by atoms with van der Waals surface area (Å²) in [5.74, 6) is -0.371. The molecule has 0 fully saturated rings. The average molecular weight is 243 g/mol. The molecule has 0 bridgehead atoms. The van der Waals surface area contributed by atoms with E-state index in [4.69, 9.17) is 10.00 Å². The predicted molar refractivity (Wildman–Crippen MR) is 67.8 cm³/mol. The summed E-state index contributed by atoms with van der Waals surface area (Å²) < 4.78 is 5.75. The second-order valence-electron chi connectivity index (χ2n) is 3.30. The van der Waals surface area contributed by atoms with E-state index < -0.39 is 0 Å². The van der Waals surface area contributed by atoms with Crippen LogP contribution in [0.2, 0.25) is 0 Å². The number of nitrogens with zero attached hydrogens (tertiary/aromatic N) is 1. The number of thiophene rings is 1. The molecule has 1 aromatic carbocycles. The van der Waals surface area contributed by atoms with Gasteiger partial charge in [-0.25, -0.2) is 4.79 Å². The molecule has 0 atom stereocenters. The SMILES string of the molecule is COC(=O)c1sc2ccccc2c1/C=C/C#N. The molecule has 0 unspecified atom stereocenters. The molecule has 84 valence electrons. The summed E-state index contributed by atoms with van der Waals surface area (Å²) in [6.07, 6.45) is 3.01. The van der Waals surface area contributed by atoms with Crippen LogP contribution in [0.4, 0.5) is 0 Å². The minimum absolute atomic E-state index is 0.371. The highest BCUT2D eigenvalue weighted by Crippen LogP contribution is 2.32. The number of ether oxygens (including phenoxy) is 1. The van der Waals surface area contributed by atoms with Crippen molar-refractivity contribution < 1.29 is 9.53 Å². The Morgan fingerprint density at radius 2 is 2.24 bits per heavy atom. The standard InChI is InChI=1S/C13H9NO2S/c1-16-13(15)12-10(6-4-8-14)9-5-2-3-7-11(9)17-12/h2-7H,1H3/b6-4+. The number of esters is 1. The normalized spacial score (nSPS) is 10.6. The van der Waals surface area contributed by atoms with E-state index in [1.807, 2.05) is 30.3 Å². The van der Waals surface area contributed by atoms with Gasteiger partial charge in [0.05, 0.1) is 13.2 Å². The van der Waals surface area contributed by atoms with Crippen molar-refractivity contribution in [3.63, 3.8) is 0 Å². The van der Waals surface area contributed by atoms with Gasteiger partial charge in [0.25, 0.3) is 0 Å². The highest BCUT2D eigenvalue weighted by molar-refractivity contribution is 7.21. The van der Waals surface area contributed by atoms with Crippen molar-refractivity contribution in [2.75, 3.05) is 7.11 Å².